The van der Waals surface area contributed by atoms with Gasteiger partial charge in [-0.3, -0.25) is 0 Å². The number of halogens is 1. The van der Waals surface area contributed by atoms with Gasteiger partial charge < -0.3 is 9.52 Å². The maximum atomic E-state index is 9.88. The molecule has 1 aromatic carbocycles. The van der Waals surface area contributed by atoms with Crippen molar-refractivity contribution in [1.82, 2.24) is 15.0 Å². The summed E-state index contributed by atoms with van der Waals surface area (Å²) in [5.74, 6) is 0.611. The molecule has 0 aliphatic heterocycles. The van der Waals surface area contributed by atoms with Gasteiger partial charge in [0.15, 0.2) is 11.4 Å². The smallest absolute Gasteiger partial charge is 0.229 e. The molecular formula is C15H10ClN3O2. The van der Waals surface area contributed by atoms with Crippen LogP contribution < -0.4 is 0 Å². The Morgan fingerprint density at radius 3 is 2.71 bits per heavy atom. The van der Waals surface area contributed by atoms with Gasteiger partial charge >= 0.3 is 0 Å². The molecule has 6 heteroatoms. The van der Waals surface area contributed by atoms with Crippen LogP contribution in [0.25, 0.3) is 33.6 Å². The quantitative estimate of drug-likeness (QED) is 0.582. The van der Waals surface area contributed by atoms with Crippen molar-refractivity contribution in [3.8, 4) is 17.1 Å². The largest absolute Gasteiger partial charge is 0.507 e. The molecule has 21 heavy (non-hydrogen) atoms. The first-order chi connectivity index (χ1) is 9.83. The lowest BCUT2D eigenvalue weighted by molar-refractivity contribution is 0.477. The topological polar surface area (TPSA) is 72.0 Å². The Kier molecular flexibility index (Phi) is 3.19. The highest BCUT2D eigenvalue weighted by atomic mass is 35.5. The first-order valence-electron chi connectivity index (χ1n) is 6.11. The van der Waals surface area contributed by atoms with Gasteiger partial charge in [-0.05, 0) is 24.3 Å². The molecule has 3 aromatic heterocycles. The van der Waals surface area contributed by atoms with Crippen molar-refractivity contribution in [2.24, 2.45) is 0 Å². The third kappa shape index (κ3) is 2.08. The second-order valence-electron chi connectivity index (χ2n) is 4.38. The average Bonchev–Trinajstić information content (AvgIpc) is 2.85. The van der Waals surface area contributed by atoms with Gasteiger partial charge in [-0.15, -0.1) is 12.4 Å². The first kappa shape index (κ1) is 13.3. The van der Waals surface area contributed by atoms with Gasteiger partial charge in [0.2, 0.25) is 5.71 Å². The van der Waals surface area contributed by atoms with Gasteiger partial charge in [-0.1, -0.05) is 12.1 Å². The number of hydrogen-bond donors (Lipinski definition) is 1. The minimum atomic E-state index is 0. The second kappa shape index (κ2) is 5.03. The summed E-state index contributed by atoms with van der Waals surface area (Å²) in [7, 11) is 0. The SMILES string of the molecule is Cl.Oc1ccccc1-c1ncc2oc3ncccc3c2n1. The van der Waals surface area contributed by atoms with Crippen molar-refractivity contribution in [3.63, 3.8) is 0 Å². The molecule has 0 aliphatic carbocycles. The number of pyridine rings is 1. The summed E-state index contributed by atoms with van der Waals surface area (Å²) in [6.45, 7) is 0. The van der Waals surface area contributed by atoms with E-state index in [9.17, 15) is 5.11 Å². The number of aromatic nitrogens is 3. The second-order valence-corrected chi connectivity index (χ2v) is 4.38. The molecule has 1 N–H and O–H groups in total. The summed E-state index contributed by atoms with van der Waals surface area (Å²) in [6, 6.07) is 10.7. The van der Waals surface area contributed by atoms with Gasteiger partial charge in [-0.25, -0.2) is 15.0 Å². The molecule has 0 saturated carbocycles. The fourth-order valence-corrected chi connectivity index (χ4v) is 2.19. The molecule has 0 saturated heterocycles. The molecular weight excluding hydrogens is 290 g/mol. The number of rotatable bonds is 1. The van der Waals surface area contributed by atoms with Crippen LogP contribution in [-0.2, 0) is 0 Å². The zero-order valence-electron chi connectivity index (χ0n) is 10.7. The molecule has 104 valence electrons. The summed E-state index contributed by atoms with van der Waals surface area (Å²) in [4.78, 5) is 12.9. The van der Waals surface area contributed by atoms with Crippen LogP contribution in [-0.4, -0.2) is 20.1 Å². The lowest BCUT2D eigenvalue weighted by Gasteiger charge is -2.01. The monoisotopic (exact) mass is 299 g/mol. The molecule has 0 spiro atoms. The van der Waals surface area contributed by atoms with Crippen LogP contribution in [0.5, 0.6) is 5.75 Å². The van der Waals surface area contributed by atoms with Crippen LogP contribution in [0.2, 0.25) is 0 Å². The van der Waals surface area contributed by atoms with E-state index < -0.39 is 0 Å². The molecule has 0 fully saturated rings. The number of phenols is 1. The summed E-state index contributed by atoms with van der Waals surface area (Å²) in [5, 5.41) is 10.7. The summed E-state index contributed by atoms with van der Waals surface area (Å²) < 4.78 is 5.57. The third-order valence-corrected chi connectivity index (χ3v) is 3.13. The standard InChI is InChI=1S/C15H9N3O2.ClH/c19-11-6-2-1-4-9(11)14-17-8-12-13(18-14)10-5-3-7-16-15(10)20-12;/h1-8,19H;1H. The van der Waals surface area contributed by atoms with Crippen LogP contribution in [0.1, 0.15) is 0 Å². The molecule has 0 atom stereocenters. The van der Waals surface area contributed by atoms with E-state index in [1.807, 2.05) is 18.2 Å². The minimum Gasteiger partial charge on any atom is -0.507 e. The van der Waals surface area contributed by atoms with Gasteiger partial charge in [0.1, 0.15) is 11.3 Å². The normalized spacial score (nSPS) is 10.7. The lowest BCUT2D eigenvalue weighted by atomic mass is 10.2. The van der Waals surface area contributed by atoms with Gasteiger partial charge in [0, 0.05) is 6.20 Å². The zero-order chi connectivity index (χ0) is 13.5. The number of aromatic hydroxyl groups is 1. The van der Waals surface area contributed by atoms with E-state index in [0.717, 1.165) is 5.39 Å². The molecule has 0 radical (unpaired) electrons. The highest BCUT2D eigenvalue weighted by Gasteiger charge is 2.12. The Balaban J connectivity index is 0.00000132. The number of hydrogen-bond acceptors (Lipinski definition) is 5. The maximum absolute atomic E-state index is 9.88. The number of furan rings is 1. The van der Waals surface area contributed by atoms with E-state index >= 15 is 0 Å². The highest BCUT2D eigenvalue weighted by molar-refractivity contribution is 6.00. The number of phenolic OH excluding ortho intramolecular Hbond substituents is 1. The Labute approximate surface area is 125 Å². The molecule has 3 heterocycles. The number of nitrogens with zero attached hydrogens (tertiary/aromatic N) is 3. The predicted octanol–water partition coefficient (Wildman–Crippen LogP) is 3.57. The molecule has 0 amide bonds. The molecule has 4 aromatic rings. The van der Waals surface area contributed by atoms with Crippen molar-refractivity contribution in [3.05, 3.63) is 48.8 Å². The molecule has 5 nitrogen and oxygen atoms in total. The van der Waals surface area contributed by atoms with Crippen LogP contribution in [0.3, 0.4) is 0 Å². The molecule has 0 aliphatic rings. The molecule has 0 bridgehead atoms. The zero-order valence-corrected chi connectivity index (χ0v) is 11.5. The van der Waals surface area contributed by atoms with E-state index in [-0.39, 0.29) is 18.2 Å². The third-order valence-electron chi connectivity index (χ3n) is 3.13. The predicted molar refractivity (Wildman–Crippen MR) is 81.5 cm³/mol. The first-order valence-corrected chi connectivity index (χ1v) is 6.11. The minimum absolute atomic E-state index is 0. The molecule has 4 rings (SSSR count). The van der Waals surface area contributed by atoms with Crippen molar-refractivity contribution in [2.75, 3.05) is 0 Å². The van der Waals surface area contributed by atoms with Gasteiger partial charge in [0.25, 0.3) is 0 Å². The number of para-hydroxylation sites is 1. The van der Waals surface area contributed by atoms with Crippen molar-refractivity contribution < 1.29 is 9.52 Å². The van der Waals surface area contributed by atoms with Gasteiger partial charge in [0.05, 0.1) is 17.1 Å². The lowest BCUT2D eigenvalue weighted by Crippen LogP contribution is -1.88. The Bertz CT molecular complexity index is 936. The van der Waals surface area contributed by atoms with E-state index in [1.54, 1.807) is 30.6 Å². The molecule has 0 unspecified atom stereocenters. The number of fused-ring (bicyclic) bond motifs is 3. The Morgan fingerprint density at radius 2 is 1.86 bits per heavy atom. The summed E-state index contributed by atoms with van der Waals surface area (Å²) >= 11 is 0. The van der Waals surface area contributed by atoms with Crippen LogP contribution in [0.4, 0.5) is 0 Å². The Hall–Kier alpha value is -2.66. The highest BCUT2D eigenvalue weighted by Crippen LogP contribution is 2.30. The fourth-order valence-electron chi connectivity index (χ4n) is 2.19. The van der Waals surface area contributed by atoms with Crippen LogP contribution in [0, 0.1) is 0 Å². The average molecular weight is 300 g/mol. The van der Waals surface area contributed by atoms with Crippen molar-refractivity contribution in [2.45, 2.75) is 0 Å². The van der Waals surface area contributed by atoms with Crippen molar-refractivity contribution >= 4 is 34.6 Å². The fraction of sp³-hybridized carbons (Fsp3) is 0. The number of benzene rings is 1. The van der Waals surface area contributed by atoms with E-state index in [1.165, 1.54) is 0 Å². The maximum Gasteiger partial charge on any atom is 0.229 e. The van der Waals surface area contributed by atoms with Gasteiger partial charge in [-0.2, -0.15) is 0 Å². The van der Waals surface area contributed by atoms with Crippen LogP contribution in [0.15, 0.2) is 53.2 Å². The van der Waals surface area contributed by atoms with E-state index in [0.29, 0.717) is 28.2 Å². The van der Waals surface area contributed by atoms with Crippen LogP contribution >= 0.6 is 12.4 Å². The van der Waals surface area contributed by atoms with E-state index in [2.05, 4.69) is 15.0 Å². The summed E-state index contributed by atoms with van der Waals surface area (Å²) in [6.07, 6.45) is 3.27. The van der Waals surface area contributed by atoms with E-state index in [4.69, 9.17) is 4.42 Å². The summed E-state index contributed by atoms with van der Waals surface area (Å²) in [5.41, 5.74) is 2.40. The van der Waals surface area contributed by atoms with Crippen molar-refractivity contribution in [1.29, 1.82) is 0 Å². The Morgan fingerprint density at radius 1 is 1.00 bits per heavy atom.